The molecular weight excluding hydrogens is 239 g/mol. The number of amides is 1. The van der Waals surface area contributed by atoms with E-state index in [2.05, 4.69) is 0 Å². The second-order valence-corrected chi connectivity index (χ2v) is 3.44. The van der Waals surface area contributed by atoms with Gasteiger partial charge in [-0.05, 0) is 12.1 Å². The molecule has 2 unspecified atom stereocenters. The lowest BCUT2D eigenvalue weighted by atomic mass is 10.0. The number of halogens is 3. The fourth-order valence-electron chi connectivity index (χ4n) is 1.32. The van der Waals surface area contributed by atoms with Crippen LogP contribution in [0.2, 0.25) is 0 Å². The lowest BCUT2D eigenvalue weighted by Crippen LogP contribution is -2.27. The fraction of sp³-hybridized carbons (Fsp3) is 0.300. The molecule has 2 atom stereocenters. The molecule has 7 heteroatoms. The Morgan fingerprint density at radius 2 is 1.76 bits per heavy atom. The molecule has 1 rings (SSSR count). The smallest absolute Gasteiger partial charge is 0.220 e. The van der Waals surface area contributed by atoms with Crippen LogP contribution >= 0.6 is 0 Å². The zero-order chi connectivity index (χ0) is 13.2. The van der Waals surface area contributed by atoms with Gasteiger partial charge in [-0.15, -0.1) is 0 Å². The molecule has 0 aliphatic heterocycles. The van der Waals surface area contributed by atoms with E-state index in [-0.39, 0.29) is 0 Å². The summed E-state index contributed by atoms with van der Waals surface area (Å²) in [7, 11) is 0. The van der Waals surface area contributed by atoms with Crippen molar-refractivity contribution in [1.82, 2.24) is 0 Å². The van der Waals surface area contributed by atoms with Crippen LogP contribution in [0.5, 0.6) is 0 Å². The van der Waals surface area contributed by atoms with Crippen molar-refractivity contribution in [2.75, 3.05) is 0 Å². The largest absolute Gasteiger partial charge is 0.390 e. The maximum absolute atomic E-state index is 13.2. The fourth-order valence-corrected chi connectivity index (χ4v) is 1.32. The summed E-state index contributed by atoms with van der Waals surface area (Å²) in [5, 5.41) is 18.7. The molecule has 0 spiro atoms. The standard InChI is InChI=1S/C10H10F3NO3/c11-4-1-2-5(12)9(13)8(4)10(17)6(15)3-7(14)16/h1-2,6,10,15,17H,3H2,(H2,14,16). The van der Waals surface area contributed by atoms with Crippen molar-refractivity contribution < 1.29 is 28.2 Å². The summed E-state index contributed by atoms with van der Waals surface area (Å²) in [5.74, 6) is -5.17. The van der Waals surface area contributed by atoms with E-state index in [0.29, 0.717) is 12.1 Å². The topological polar surface area (TPSA) is 83.6 Å². The Hall–Kier alpha value is -1.60. The highest BCUT2D eigenvalue weighted by molar-refractivity contribution is 5.74. The molecule has 1 aromatic rings. The normalized spacial score (nSPS) is 14.4. The van der Waals surface area contributed by atoms with Crippen molar-refractivity contribution in [3.63, 3.8) is 0 Å². The van der Waals surface area contributed by atoms with Crippen LogP contribution in [0.4, 0.5) is 13.2 Å². The number of rotatable bonds is 4. The first-order chi connectivity index (χ1) is 7.84. The van der Waals surface area contributed by atoms with Crippen LogP contribution in [0.1, 0.15) is 18.1 Å². The van der Waals surface area contributed by atoms with Gasteiger partial charge in [-0.25, -0.2) is 13.2 Å². The highest BCUT2D eigenvalue weighted by Crippen LogP contribution is 2.26. The predicted octanol–water partition coefficient (Wildman–Crippen LogP) is 0.374. The zero-order valence-electron chi connectivity index (χ0n) is 8.53. The summed E-state index contributed by atoms with van der Waals surface area (Å²) in [6.45, 7) is 0. The molecule has 0 heterocycles. The van der Waals surface area contributed by atoms with Gasteiger partial charge in [0, 0.05) is 0 Å². The minimum Gasteiger partial charge on any atom is -0.390 e. The average molecular weight is 249 g/mol. The predicted molar refractivity (Wildman–Crippen MR) is 51.1 cm³/mol. The average Bonchev–Trinajstić information content (AvgIpc) is 2.23. The van der Waals surface area contributed by atoms with Crippen LogP contribution in [-0.2, 0) is 4.79 Å². The number of hydrogen-bond acceptors (Lipinski definition) is 3. The van der Waals surface area contributed by atoms with Gasteiger partial charge in [0.05, 0.1) is 18.1 Å². The first-order valence-electron chi connectivity index (χ1n) is 4.62. The van der Waals surface area contributed by atoms with Gasteiger partial charge in [0.2, 0.25) is 5.91 Å². The van der Waals surface area contributed by atoms with Crippen LogP contribution in [0.25, 0.3) is 0 Å². The monoisotopic (exact) mass is 249 g/mol. The van der Waals surface area contributed by atoms with Gasteiger partial charge >= 0.3 is 0 Å². The highest BCUT2D eigenvalue weighted by atomic mass is 19.2. The highest BCUT2D eigenvalue weighted by Gasteiger charge is 2.27. The second-order valence-electron chi connectivity index (χ2n) is 3.44. The van der Waals surface area contributed by atoms with E-state index in [1.165, 1.54) is 0 Å². The van der Waals surface area contributed by atoms with Gasteiger partial charge in [0.15, 0.2) is 11.6 Å². The number of primary amides is 1. The molecule has 0 bridgehead atoms. The molecule has 0 aliphatic carbocycles. The van der Waals surface area contributed by atoms with Crippen LogP contribution < -0.4 is 5.73 Å². The first-order valence-corrected chi connectivity index (χ1v) is 4.62. The Bertz CT molecular complexity index is 439. The van der Waals surface area contributed by atoms with Crippen LogP contribution in [0, 0.1) is 17.5 Å². The van der Waals surface area contributed by atoms with E-state index >= 15 is 0 Å². The number of benzene rings is 1. The quantitative estimate of drug-likeness (QED) is 0.674. The lowest BCUT2D eigenvalue weighted by Gasteiger charge is -2.18. The van der Waals surface area contributed by atoms with E-state index in [9.17, 15) is 28.2 Å². The lowest BCUT2D eigenvalue weighted by molar-refractivity contribution is -0.121. The molecule has 4 nitrogen and oxygen atoms in total. The molecule has 0 fully saturated rings. The number of hydrogen-bond donors (Lipinski definition) is 3. The summed E-state index contributed by atoms with van der Waals surface area (Å²) in [4.78, 5) is 10.5. The molecular formula is C10H10F3NO3. The molecule has 17 heavy (non-hydrogen) atoms. The maximum atomic E-state index is 13.2. The van der Waals surface area contributed by atoms with Gasteiger partial charge in [0.1, 0.15) is 11.9 Å². The molecule has 1 amide bonds. The van der Waals surface area contributed by atoms with E-state index in [1.54, 1.807) is 0 Å². The van der Waals surface area contributed by atoms with E-state index < -0.39 is 47.6 Å². The van der Waals surface area contributed by atoms with E-state index in [1.807, 2.05) is 0 Å². The maximum Gasteiger partial charge on any atom is 0.220 e. The molecule has 1 aromatic carbocycles. The van der Waals surface area contributed by atoms with Gasteiger partial charge in [-0.3, -0.25) is 4.79 Å². The Morgan fingerprint density at radius 1 is 1.24 bits per heavy atom. The van der Waals surface area contributed by atoms with Gasteiger partial charge in [0.25, 0.3) is 0 Å². The van der Waals surface area contributed by atoms with E-state index in [0.717, 1.165) is 0 Å². The molecule has 94 valence electrons. The third-order valence-electron chi connectivity index (χ3n) is 2.15. The summed E-state index contributed by atoms with van der Waals surface area (Å²) in [6, 6.07) is 1.15. The van der Waals surface area contributed by atoms with Crippen molar-refractivity contribution in [3.05, 3.63) is 35.1 Å². The zero-order valence-corrected chi connectivity index (χ0v) is 8.53. The van der Waals surface area contributed by atoms with Crippen molar-refractivity contribution >= 4 is 5.91 Å². The van der Waals surface area contributed by atoms with Gasteiger partial charge in [-0.1, -0.05) is 0 Å². The third-order valence-corrected chi connectivity index (χ3v) is 2.15. The van der Waals surface area contributed by atoms with Crippen LogP contribution in [0.3, 0.4) is 0 Å². The first kappa shape index (κ1) is 13.5. The summed E-state index contributed by atoms with van der Waals surface area (Å²) in [6.07, 6.45) is -4.58. The number of aliphatic hydroxyl groups is 2. The number of carbonyl (C=O) groups is 1. The van der Waals surface area contributed by atoms with E-state index in [4.69, 9.17) is 5.73 Å². The summed E-state index contributed by atoms with van der Waals surface area (Å²) >= 11 is 0. The molecule has 0 saturated heterocycles. The Balaban J connectivity index is 3.07. The molecule has 4 N–H and O–H groups in total. The third kappa shape index (κ3) is 2.95. The number of nitrogens with two attached hydrogens (primary N) is 1. The van der Waals surface area contributed by atoms with Crippen molar-refractivity contribution in [1.29, 1.82) is 0 Å². The summed E-state index contributed by atoms with van der Waals surface area (Å²) in [5.41, 5.74) is 3.71. The van der Waals surface area contributed by atoms with Crippen LogP contribution in [0.15, 0.2) is 12.1 Å². The molecule has 0 aromatic heterocycles. The van der Waals surface area contributed by atoms with Crippen molar-refractivity contribution in [3.8, 4) is 0 Å². The SMILES string of the molecule is NC(=O)CC(O)C(O)c1c(F)ccc(F)c1F. The Labute approximate surface area is 94.5 Å². The van der Waals surface area contributed by atoms with Crippen molar-refractivity contribution in [2.45, 2.75) is 18.6 Å². The Morgan fingerprint density at radius 3 is 2.29 bits per heavy atom. The number of aliphatic hydroxyl groups excluding tert-OH is 2. The molecule has 0 saturated carbocycles. The van der Waals surface area contributed by atoms with Gasteiger partial charge < -0.3 is 15.9 Å². The van der Waals surface area contributed by atoms with Crippen LogP contribution in [-0.4, -0.2) is 22.2 Å². The minimum atomic E-state index is -2.07. The molecule has 0 radical (unpaired) electrons. The Kier molecular flexibility index (Phi) is 4.08. The second kappa shape index (κ2) is 5.15. The van der Waals surface area contributed by atoms with Crippen molar-refractivity contribution in [2.24, 2.45) is 5.73 Å². The molecule has 0 aliphatic rings. The van der Waals surface area contributed by atoms with Gasteiger partial charge in [-0.2, -0.15) is 0 Å². The summed E-state index contributed by atoms with van der Waals surface area (Å²) < 4.78 is 39.2. The number of carbonyl (C=O) groups excluding carboxylic acids is 1. The minimum absolute atomic E-state index is 0.543.